The second-order valence-electron chi connectivity index (χ2n) is 4.57. The van der Waals surface area contributed by atoms with Gasteiger partial charge in [-0.1, -0.05) is 0 Å². The van der Waals surface area contributed by atoms with Crippen molar-refractivity contribution >= 4 is 0 Å². The average Bonchev–Trinajstić information content (AvgIpc) is 2.77. The van der Waals surface area contributed by atoms with Crippen LogP contribution in [0.25, 0.3) is 0 Å². The normalized spacial score (nSPS) is 19.4. The van der Waals surface area contributed by atoms with Gasteiger partial charge in [-0.05, 0) is 6.92 Å². The summed E-state index contributed by atoms with van der Waals surface area (Å²) in [6.07, 6.45) is 5.20. The van der Waals surface area contributed by atoms with Crippen LogP contribution in [0.3, 0.4) is 0 Å². The highest BCUT2D eigenvalue weighted by atomic mass is 16.5. The third kappa shape index (κ3) is 3.28. The molecule has 96 valence electrons. The first kappa shape index (κ1) is 12.5. The van der Waals surface area contributed by atoms with E-state index in [1.165, 1.54) is 0 Å². The van der Waals surface area contributed by atoms with Crippen LogP contribution in [0.1, 0.15) is 25.6 Å². The summed E-state index contributed by atoms with van der Waals surface area (Å²) < 4.78 is 7.35. The third-order valence-electron chi connectivity index (χ3n) is 3.30. The zero-order valence-electron chi connectivity index (χ0n) is 10.4. The first-order chi connectivity index (χ1) is 8.23. The van der Waals surface area contributed by atoms with E-state index < -0.39 is 5.60 Å². The van der Waals surface area contributed by atoms with Gasteiger partial charge in [-0.15, -0.1) is 0 Å². The van der Waals surface area contributed by atoms with Gasteiger partial charge in [-0.25, -0.2) is 4.98 Å². The van der Waals surface area contributed by atoms with E-state index in [9.17, 15) is 5.11 Å². The lowest BCUT2D eigenvalue weighted by Gasteiger charge is -2.32. The van der Waals surface area contributed by atoms with Crippen molar-refractivity contribution in [3.8, 4) is 0 Å². The lowest BCUT2D eigenvalue weighted by Crippen LogP contribution is -2.45. The number of rotatable bonds is 5. The maximum absolute atomic E-state index is 10.3. The first-order valence-corrected chi connectivity index (χ1v) is 6.24. The Morgan fingerprint density at radius 1 is 1.53 bits per heavy atom. The summed E-state index contributed by atoms with van der Waals surface area (Å²) in [6, 6.07) is 0. The van der Waals surface area contributed by atoms with Gasteiger partial charge in [0.25, 0.3) is 0 Å². The molecule has 2 N–H and O–H groups in total. The van der Waals surface area contributed by atoms with Crippen molar-refractivity contribution in [2.24, 2.45) is 0 Å². The van der Waals surface area contributed by atoms with Crippen LogP contribution in [-0.2, 0) is 17.8 Å². The number of ether oxygens (including phenoxy) is 1. The molecule has 0 bridgehead atoms. The van der Waals surface area contributed by atoms with Crippen molar-refractivity contribution in [1.29, 1.82) is 0 Å². The largest absolute Gasteiger partial charge is 0.388 e. The number of nitrogens with zero attached hydrogens (tertiary/aromatic N) is 2. The molecule has 1 fully saturated rings. The second kappa shape index (κ2) is 5.62. The van der Waals surface area contributed by atoms with E-state index in [0.29, 0.717) is 39.1 Å². The topological polar surface area (TPSA) is 59.3 Å². The van der Waals surface area contributed by atoms with Crippen LogP contribution in [0, 0.1) is 0 Å². The first-order valence-electron chi connectivity index (χ1n) is 6.24. The number of hydrogen-bond acceptors (Lipinski definition) is 4. The maximum Gasteiger partial charge on any atom is 0.122 e. The van der Waals surface area contributed by atoms with Gasteiger partial charge in [0.05, 0.1) is 12.1 Å². The summed E-state index contributed by atoms with van der Waals surface area (Å²) in [4.78, 5) is 4.29. The molecule has 0 saturated carbocycles. The fourth-order valence-electron chi connectivity index (χ4n) is 2.13. The SMILES string of the molecule is CCn1ccnc1CNCC1(O)CCOCC1. The Hall–Kier alpha value is -0.910. The van der Waals surface area contributed by atoms with Crippen LogP contribution in [0.4, 0.5) is 0 Å². The quantitative estimate of drug-likeness (QED) is 0.787. The molecule has 1 aromatic heterocycles. The van der Waals surface area contributed by atoms with E-state index in [0.717, 1.165) is 12.4 Å². The van der Waals surface area contributed by atoms with Gasteiger partial charge in [0.15, 0.2) is 0 Å². The molecule has 1 aromatic rings. The Morgan fingerprint density at radius 2 is 2.29 bits per heavy atom. The number of imidazole rings is 1. The number of hydrogen-bond donors (Lipinski definition) is 2. The standard InChI is InChI=1S/C12H21N3O2/c1-2-15-6-5-14-11(15)9-13-10-12(16)3-7-17-8-4-12/h5-6,13,16H,2-4,7-10H2,1H3. The van der Waals surface area contributed by atoms with Gasteiger partial charge in [0.2, 0.25) is 0 Å². The van der Waals surface area contributed by atoms with Crippen LogP contribution in [0.5, 0.6) is 0 Å². The molecule has 0 radical (unpaired) electrons. The fourth-order valence-corrected chi connectivity index (χ4v) is 2.13. The number of nitrogens with one attached hydrogen (secondary N) is 1. The van der Waals surface area contributed by atoms with Crippen LogP contribution in [0.15, 0.2) is 12.4 Å². The Labute approximate surface area is 102 Å². The lowest BCUT2D eigenvalue weighted by molar-refractivity contribution is -0.0617. The Morgan fingerprint density at radius 3 is 3.00 bits per heavy atom. The van der Waals surface area contributed by atoms with E-state index >= 15 is 0 Å². The highest BCUT2D eigenvalue weighted by Crippen LogP contribution is 2.19. The van der Waals surface area contributed by atoms with E-state index in [2.05, 4.69) is 21.8 Å². The molecule has 0 aliphatic carbocycles. The summed E-state index contributed by atoms with van der Waals surface area (Å²) in [7, 11) is 0. The summed E-state index contributed by atoms with van der Waals surface area (Å²) in [5.41, 5.74) is -0.609. The van der Waals surface area contributed by atoms with Gasteiger partial charge in [-0.3, -0.25) is 0 Å². The molecule has 1 saturated heterocycles. The fraction of sp³-hybridized carbons (Fsp3) is 0.750. The van der Waals surface area contributed by atoms with Crippen molar-refractivity contribution in [3.05, 3.63) is 18.2 Å². The van der Waals surface area contributed by atoms with Crippen LogP contribution < -0.4 is 5.32 Å². The molecular formula is C12H21N3O2. The van der Waals surface area contributed by atoms with E-state index in [-0.39, 0.29) is 0 Å². The molecule has 1 aliphatic rings. The summed E-state index contributed by atoms with van der Waals surface area (Å²) in [5.74, 6) is 1.02. The Bertz CT molecular complexity index is 345. The molecule has 0 aromatic carbocycles. The van der Waals surface area contributed by atoms with Crippen molar-refractivity contribution in [2.75, 3.05) is 19.8 Å². The molecule has 5 heteroatoms. The monoisotopic (exact) mass is 239 g/mol. The van der Waals surface area contributed by atoms with Crippen molar-refractivity contribution in [2.45, 2.75) is 38.5 Å². The second-order valence-corrected chi connectivity index (χ2v) is 4.57. The van der Waals surface area contributed by atoms with E-state index in [1.54, 1.807) is 0 Å². The number of aliphatic hydroxyl groups is 1. The molecule has 17 heavy (non-hydrogen) atoms. The maximum atomic E-state index is 10.3. The smallest absolute Gasteiger partial charge is 0.122 e. The van der Waals surface area contributed by atoms with E-state index in [4.69, 9.17) is 4.74 Å². The molecule has 5 nitrogen and oxygen atoms in total. The lowest BCUT2D eigenvalue weighted by atomic mass is 9.94. The molecule has 0 unspecified atom stereocenters. The molecule has 0 spiro atoms. The predicted molar refractivity (Wildman–Crippen MR) is 64.6 cm³/mol. The average molecular weight is 239 g/mol. The molecule has 2 rings (SSSR count). The van der Waals surface area contributed by atoms with Crippen LogP contribution in [0.2, 0.25) is 0 Å². The van der Waals surface area contributed by atoms with Gasteiger partial charge in [0.1, 0.15) is 5.82 Å². The third-order valence-corrected chi connectivity index (χ3v) is 3.30. The molecular weight excluding hydrogens is 218 g/mol. The summed E-state index contributed by atoms with van der Waals surface area (Å²) in [5, 5.41) is 13.5. The summed E-state index contributed by atoms with van der Waals surface area (Å²) in [6.45, 7) is 5.63. The van der Waals surface area contributed by atoms with Gasteiger partial charge < -0.3 is 19.7 Å². The van der Waals surface area contributed by atoms with Gasteiger partial charge >= 0.3 is 0 Å². The molecule has 0 atom stereocenters. The highest BCUT2D eigenvalue weighted by Gasteiger charge is 2.29. The molecule has 0 amide bonds. The molecule has 2 heterocycles. The minimum absolute atomic E-state index is 0.604. The number of aryl methyl sites for hydroxylation is 1. The minimum atomic E-state index is -0.609. The minimum Gasteiger partial charge on any atom is -0.388 e. The molecule has 1 aliphatic heterocycles. The van der Waals surface area contributed by atoms with Crippen LogP contribution in [-0.4, -0.2) is 40.0 Å². The van der Waals surface area contributed by atoms with Crippen molar-refractivity contribution in [3.63, 3.8) is 0 Å². The summed E-state index contributed by atoms with van der Waals surface area (Å²) >= 11 is 0. The van der Waals surface area contributed by atoms with Crippen molar-refractivity contribution < 1.29 is 9.84 Å². The Kier molecular flexibility index (Phi) is 4.15. The zero-order chi connectivity index (χ0) is 12.1. The highest BCUT2D eigenvalue weighted by molar-refractivity contribution is 4.92. The predicted octanol–water partition coefficient (Wildman–Crippen LogP) is 0.534. The van der Waals surface area contributed by atoms with Gasteiger partial charge in [-0.2, -0.15) is 0 Å². The van der Waals surface area contributed by atoms with Gasteiger partial charge in [0, 0.05) is 51.5 Å². The van der Waals surface area contributed by atoms with Crippen LogP contribution >= 0.6 is 0 Å². The van der Waals surface area contributed by atoms with Crippen molar-refractivity contribution in [1.82, 2.24) is 14.9 Å². The number of aromatic nitrogens is 2. The van der Waals surface area contributed by atoms with E-state index in [1.807, 2.05) is 12.4 Å². The Balaban J connectivity index is 1.79. The zero-order valence-corrected chi connectivity index (χ0v) is 10.4.